The van der Waals surface area contributed by atoms with Crippen LogP contribution in [0.3, 0.4) is 0 Å². The van der Waals surface area contributed by atoms with Crippen molar-refractivity contribution in [1.29, 1.82) is 0 Å². The maximum absolute atomic E-state index is 10.2. The molecule has 0 spiro atoms. The zero-order chi connectivity index (χ0) is 15.2. The van der Waals surface area contributed by atoms with Gasteiger partial charge in [-0.1, -0.05) is 41.4 Å². The molecule has 2 rings (SSSR count). The molecule has 0 aliphatic carbocycles. The van der Waals surface area contributed by atoms with E-state index in [4.69, 9.17) is 27.9 Å². The Bertz CT molecular complexity index is 605. The van der Waals surface area contributed by atoms with Crippen molar-refractivity contribution < 1.29 is 9.84 Å². The van der Waals surface area contributed by atoms with E-state index < -0.39 is 6.10 Å². The normalized spacial score (nSPS) is 12.2. The van der Waals surface area contributed by atoms with Crippen LogP contribution in [0.1, 0.15) is 17.2 Å². The van der Waals surface area contributed by atoms with E-state index in [0.717, 1.165) is 11.3 Å². The molecule has 2 aromatic rings. The van der Waals surface area contributed by atoms with Crippen LogP contribution < -0.4 is 10.1 Å². The average Bonchev–Trinajstić information content (AvgIpc) is 2.50. The maximum Gasteiger partial charge on any atom is 0.123 e. The van der Waals surface area contributed by atoms with Gasteiger partial charge in [-0.3, -0.25) is 0 Å². The Morgan fingerprint density at radius 2 is 1.95 bits per heavy atom. The van der Waals surface area contributed by atoms with Crippen LogP contribution >= 0.6 is 23.2 Å². The Labute approximate surface area is 134 Å². The van der Waals surface area contributed by atoms with Crippen molar-refractivity contribution >= 4 is 23.2 Å². The Morgan fingerprint density at radius 3 is 2.71 bits per heavy atom. The third-order valence-electron chi connectivity index (χ3n) is 3.16. The summed E-state index contributed by atoms with van der Waals surface area (Å²) in [7, 11) is 1.64. The third-order valence-corrected chi connectivity index (χ3v) is 3.74. The molecular weight excluding hydrogens is 309 g/mol. The molecule has 0 radical (unpaired) electrons. The summed E-state index contributed by atoms with van der Waals surface area (Å²) in [4.78, 5) is 0. The number of aliphatic hydroxyl groups is 1. The number of nitrogens with one attached hydrogen (secondary N) is 1. The standard InChI is InChI=1S/C16H17Cl2NO2/c1-21-16-5-3-2-4-11(16)9-19-10-15(20)13-8-12(17)6-7-14(13)18/h2-8,15,19-20H,9-10H2,1H3. The van der Waals surface area contributed by atoms with Crippen LogP contribution in [0.5, 0.6) is 5.75 Å². The number of halogens is 2. The molecule has 1 atom stereocenters. The quantitative estimate of drug-likeness (QED) is 0.848. The molecular formula is C16H17Cl2NO2. The number of ether oxygens (including phenoxy) is 1. The van der Waals surface area contributed by atoms with Gasteiger partial charge in [-0.2, -0.15) is 0 Å². The van der Waals surface area contributed by atoms with Crippen molar-refractivity contribution in [3.63, 3.8) is 0 Å². The zero-order valence-electron chi connectivity index (χ0n) is 11.6. The predicted octanol–water partition coefficient (Wildman–Crippen LogP) is 3.83. The monoisotopic (exact) mass is 325 g/mol. The van der Waals surface area contributed by atoms with Crippen LogP contribution in [0.4, 0.5) is 0 Å². The Balaban J connectivity index is 1.95. The smallest absolute Gasteiger partial charge is 0.123 e. The Morgan fingerprint density at radius 1 is 1.19 bits per heavy atom. The van der Waals surface area contributed by atoms with Crippen LogP contribution in [-0.4, -0.2) is 18.8 Å². The Kier molecular flexibility index (Phi) is 5.88. The molecule has 112 valence electrons. The molecule has 3 nitrogen and oxygen atoms in total. The van der Waals surface area contributed by atoms with Gasteiger partial charge in [0.25, 0.3) is 0 Å². The largest absolute Gasteiger partial charge is 0.496 e. The number of benzene rings is 2. The van der Waals surface area contributed by atoms with Crippen molar-refractivity contribution in [2.45, 2.75) is 12.6 Å². The van der Waals surface area contributed by atoms with Crippen molar-refractivity contribution in [2.75, 3.05) is 13.7 Å². The highest BCUT2D eigenvalue weighted by Gasteiger charge is 2.12. The van der Waals surface area contributed by atoms with E-state index >= 15 is 0 Å². The molecule has 0 saturated carbocycles. The highest BCUT2D eigenvalue weighted by Crippen LogP contribution is 2.26. The first kappa shape index (κ1) is 16.1. The molecule has 2 N–H and O–H groups in total. The summed E-state index contributed by atoms with van der Waals surface area (Å²) in [5.74, 6) is 0.820. The van der Waals surface area contributed by atoms with Gasteiger partial charge in [0.2, 0.25) is 0 Å². The molecule has 0 amide bonds. The minimum Gasteiger partial charge on any atom is -0.496 e. The summed E-state index contributed by atoms with van der Waals surface area (Å²) in [6.45, 7) is 0.970. The second-order valence-corrected chi connectivity index (χ2v) is 5.47. The predicted molar refractivity (Wildman–Crippen MR) is 86.1 cm³/mol. The summed E-state index contributed by atoms with van der Waals surface area (Å²) >= 11 is 12.0. The molecule has 0 heterocycles. The number of hydrogen-bond donors (Lipinski definition) is 2. The third kappa shape index (κ3) is 4.35. The van der Waals surface area contributed by atoms with Gasteiger partial charge in [0.1, 0.15) is 5.75 Å². The minimum absolute atomic E-state index is 0.373. The van der Waals surface area contributed by atoms with E-state index in [9.17, 15) is 5.11 Å². The van der Waals surface area contributed by atoms with Gasteiger partial charge in [-0.25, -0.2) is 0 Å². The van der Waals surface area contributed by atoms with Crippen LogP contribution in [0.15, 0.2) is 42.5 Å². The van der Waals surface area contributed by atoms with Crippen LogP contribution in [0, 0.1) is 0 Å². The van der Waals surface area contributed by atoms with E-state index in [-0.39, 0.29) is 0 Å². The lowest BCUT2D eigenvalue weighted by atomic mass is 10.1. The summed E-state index contributed by atoms with van der Waals surface area (Å²) < 4.78 is 5.28. The van der Waals surface area contributed by atoms with Crippen molar-refractivity contribution in [2.24, 2.45) is 0 Å². The summed E-state index contributed by atoms with van der Waals surface area (Å²) in [6, 6.07) is 12.8. The molecule has 0 saturated heterocycles. The SMILES string of the molecule is COc1ccccc1CNCC(O)c1cc(Cl)ccc1Cl. The van der Waals surface area contributed by atoms with Crippen LogP contribution in [0.2, 0.25) is 10.0 Å². The van der Waals surface area contributed by atoms with Gasteiger partial charge < -0.3 is 15.2 Å². The van der Waals surface area contributed by atoms with Crippen molar-refractivity contribution in [1.82, 2.24) is 5.32 Å². The fourth-order valence-corrected chi connectivity index (χ4v) is 2.50. The number of hydrogen-bond acceptors (Lipinski definition) is 3. The van der Waals surface area contributed by atoms with E-state index in [1.807, 2.05) is 24.3 Å². The molecule has 0 fully saturated rings. The van der Waals surface area contributed by atoms with Crippen LogP contribution in [0.25, 0.3) is 0 Å². The van der Waals surface area contributed by atoms with E-state index in [2.05, 4.69) is 5.32 Å². The Hall–Kier alpha value is -1.26. The molecule has 1 unspecified atom stereocenters. The lowest BCUT2D eigenvalue weighted by Crippen LogP contribution is -2.21. The summed E-state index contributed by atoms with van der Waals surface area (Å²) in [5, 5.41) is 14.4. The van der Waals surface area contributed by atoms with E-state index in [0.29, 0.717) is 28.7 Å². The number of aliphatic hydroxyl groups excluding tert-OH is 1. The number of para-hydroxylation sites is 1. The number of rotatable bonds is 6. The van der Waals surface area contributed by atoms with Gasteiger partial charge in [-0.05, 0) is 24.3 Å². The molecule has 0 bridgehead atoms. The van der Waals surface area contributed by atoms with Gasteiger partial charge >= 0.3 is 0 Å². The average molecular weight is 326 g/mol. The first-order valence-electron chi connectivity index (χ1n) is 6.57. The highest BCUT2D eigenvalue weighted by atomic mass is 35.5. The molecule has 21 heavy (non-hydrogen) atoms. The first-order valence-corrected chi connectivity index (χ1v) is 7.33. The second kappa shape index (κ2) is 7.66. The van der Waals surface area contributed by atoms with Crippen molar-refractivity contribution in [3.8, 4) is 5.75 Å². The molecule has 0 aliphatic rings. The second-order valence-electron chi connectivity index (χ2n) is 4.62. The molecule has 5 heteroatoms. The van der Waals surface area contributed by atoms with E-state index in [1.54, 1.807) is 25.3 Å². The highest BCUT2D eigenvalue weighted by molar-refractivity contribution is 6.33. The minimum atomic E-state index is -0.717. The molecule has 2 aromatic carbocycles. The van der Waals surface area contributed by atoms with E-state index in [1.165, 1.54) is 0 Å². The summed E-state index contributed by atoms with van der Waals surface area (Å²) in [5.41, 5.74) is 1.65. The fourth-order valence-electron chi connectivity index (χ4n) is 2.07. The van der Waals surface area contributed by atoms with Gasteiger partial charge in [0.15, 0.2) is 0 Å². The van der Waals surface area contributed by atoms with Gasteiger partial charge in [0, 0.05) is 34.3 Å². The lowest BCUT2D eigenvalue weighted by molar-refractivity contribution is 0.174. The van der Waals surface area contributed by atoms with Gasteiger partial charge in [-0.15, -0.1) is 0 Å². The number of methoxy groups -OCH3 is 1. The first-order chi connectivity index (χ1) is 10.1. The van der Waals surface area contributed by atoms with Crippen LogP contribution in [-0.2, 0) is 6.54 Å². The molecule has 0 aromatic heterocycles. The zero-order valence-corrected chi connectivity index (χ0v) is 13.2. The fraction of sp³-hybridized carbons (Fsp3) is 0.250. The maximum atomic E-state index is 10.2. The topological polar surface area (TPSA) is 41.5 Å². The lowest BCUT2D eigenvalue weighted by Gasteiger charge is -2.15. The molecule has 0 aliphatic heterocycles. The summed E-state index contributed by atoms with van der Waals surface area (Å²) in [6.07, 6.45) is -0.717. The van der Waals surface area contributed by atoms with Crippen molar-refractivity contribution in [3.05, 3.63) is 63.6 Å². The van der Waals surface area contributed by atoms with Gasteiger partial charge in [0.05, 0.1) is 13.2 Å².